The van der Waals surface area contributed by atoms with Gasteiger partial charge in [-0.1, -0.05) is 6.07 Å². The fraction of sp³-hybridized carbons (Fsp3) is 0.375. The normalized spacial score (nSPS) is 13.9. The Balaban J connectivity index is 3.39. The van der Waals surface area contributed by atoms with E-state index in [1.54, 1.807) is 0 Å². The average molecular weight is 245 g/mol. The van der Waals surface area contributed by atoms with E-state index in [0.29, 0.717) is 6.07 Å². The molecule has 1 aromatic heterocycles. The van der Waals surface area contributed by atoms with Crippen molar-refractivity contribution >= 4 is 0 Å². The smallest absolute Gasteiger partial charge is 0.368 e. The Morgan fingerprint density at radius 2 is 1.44 bits per heavy atom. The zero-order valence-corrected chi connectivity index (χ0v) is 7.47. The largest absolute Gasteiger partial charge is 0.432 e. The number of rotatable bonds is 1. The Morgan fingerprint density at radius 3 is 1.75 bits per heavy atom. The first kappa shape index (κ1) is 12.8. The van der Waals surface area contributed by atoms with Crippen molar-refractivity contribution in [1.82, 2.24) is 4.98 Å². The highest BCUT2D eigenvalue weighted by Crippen LogP contribution is 2.49. The molecule has 8 heteroatoms. The molecule has 0 atom stereocenters. The van der Waals surface area contributed by atoms with Gasteiger partial charge in [0.25, 0.3) is 5.60 Å². The maximum Gasteiger partial charge on any atom is 0.432 e. The fourth-order valence-corrected chi connectivity index (χ4v) is 1.03. The highest BCUT2D eigenvalue weighted by atomic mass is 19.4. The van der Waals surface area contributed by atoms with Gasteiger partial charge in [-0.05, 0) is 12.1 Å². The number of hydrogen-bond acceptors (Lipinski definition) is 2. The second kappa shape index (κ2) is 3.62. The van der Waals surface area contributed by atoms with Gasteiger partial charge >= 0.3 is 12.4 Å². The van der Waals surface area contributed by atoms with Crippen molar-refractivity contribution in [3.63, 3.8) is 0 Å². The highest BCUT2D eigenvalue weighted by Gasteiger charge is 2.72. The molecule has 0 spiro atoms. The third kappa shape index (κ3) is 1.84. The van der Waals surface area contributed by atoms with Crippen LogP contribution in [-0.4, -0.2) is 22.4 Å². The van der Waals surface area contributed by atoms with Crippen molar-refractivity contribution in [3.05, 3.63) is 30.1 Å². The summed E-state index contributed by atoms with van der Waals surface area (Å²) in [6.07, 6.45) is -11.0. The zero-order valence-electron chi connectivity index (χ0n) is 7.47. The van der Waals surface area contributed by atoms with E-state index in [9.17, 15) is 26.3 Å². The number of aliphatic hydroxyl groups is 1. The summed E-state index contributed by atoms with van der Waals surface area (Å²) in [6.45, 7) is 0. The van der Waals surface area contributed by atoms with E-state index in [-0.39, 0.29) is 0 Å². The van der Waals surface area contributed by atoms with Crippen LogP contribution in [0.4, 0.5) is 26.3 Å². The van der Waals surface area contributed by atoms with Crippen LogP contribution in [0.15, 0.2) is 24.4 Å². The van der Waals surface area contributed by atoms with Crippen molar-refractivity contribution in [2.45, 2.75) is 18.0 Å². The molecule has 2 nitrogen and oxygen atoms in total. The summed E-state index contributed by atoms with van der Waals surface area (Å²) in [5.41, 5.74) is -6.45. The molecule has 0 radical (unpaired) electrons. The fourth-order valence-electron chi connectivity index (χ4n) is 1.03. The minimum Gasteiger partial charge on any atom is -0.368 e. The molecule has 0 saturated carbocycles. The number of halogens is 6. The van der Waals surface area contributed by atoms with Crippen molar-refractivity contribution < 1.29 is 31.4 Å². The van der Waals surface area contributed by atoms with Crippen molar-refractivity contribution in [2.75, 3.05) is 0 Å². The van der Waals surface area contributed by atoms with Crippen LogP contribution < -0.4 is 0 Å². The first-order chi connectivity index (χ1) is 7.11. The van der Waals surface area contributed by atoms with E-state index in [0.717, 1.165) is 18.3 Å². The molecule has 0 aromatic carbocycles. The second-order valence-corrected chi connectivity index (χ2v) is 2.92. The topological polar surface area (TPSA) is 33.1 Å². The van der Waals surface area contributed by atoms with Crippen molar-refractivity contribution in [2.24, 2.45) is 0 Å². The standard InChI is InChI=1S/C8H5F6NO/c9-7(10,11)6(16,8(12,13)14)5-3-1-2-4-15-5/h1-4,16H. The molecule has 0 saturated heterocycles. The lowest BCUT2D eigenvalue weighted by Gasteiger charge is -2.31. The molecule has 0 aliphatic carbocycles. The number of aromatic nitrogens is 1. The summed E-state index contributed by atoms with van der Waals surface area (Å²) < 4.78 is 73.7. The molecular formula is C8H5F6NO. The molecule has 0 bridgehead atoms. The van der Waals surface area contributed by atoms with Crippen LogP contribution in [0.2, 0.25) is 0 Å². The van der Waals surface area contributed by atoms with Crippen LogP contribution in [0.1, 0.15) is 5.69 Å². The molecule has 0 unspecified atom stereocenters. The van der Waals surface area contributed by atoms with Gasteiger partial charge in [0.1, 0.15) is 0 Å². The van der Waals surface area contributed by atoms with Gasteiger partial charge in [-0.2, -0.15) is 26.3 Å². The predicted molar refractivity (Wildman–Crippen MR) is 40.2 cm³/mol. The summed E-state index contributed by atoms with van der Waals surface area (Å²) in [5.74, 6) is 0. The van der Waals surface area contributed by atoms with E-state index in [2.05, 4.69) is 4.98 Å². The van der Waals surface area contributed by atoms with Gasteiger partial charge in [0.05, 0.1) is 5.69 Å². The van der Waals surface area contributed by atoms with Gasteiger partial charge in [0.15, 0.2) is 0 Å². The Labute approximate surface area is 85.5 Å². The summed E-state index contributed by atoms with van der Waals surface area (Å²) in [5, 5.41) is 8.84. The maximum atomic E-state index is 12.3. The van der Waals surface area contributed by atoms with Gasteiger partial charge in [-0.3, -0.25) is 4.98 Å². The summed E-state index contributed by atoms with van der Waals surface area (Å²) in [4.78, 5) is 2.89. The summed E-state index contributed by atoms with van der Waals surface area (Å²) in [6, 6.07) is 2.52. The lowest BCUT2D eigenvalue weighted by atomic mass is 9.97. The van der Waals surface area contributed by atoms with E-state index in [1.165, 1.54) is 0 Å². The summed E-state index contributed by atoms with van der Waals surface area (Å²) in [7, 11) is 0. The molecular weight excluding hydrogens is 240 g/mol. The van der Waals surface area contributed by atoms with Crippen LogP contribution in [-0.2, 0) is 5.60 Å². The number of nitrogens with zero attached hydrogens (tertiary/aromatic N) is 1. The SMILES string of the molecule is OC(c1ccccn1)(C(F)(F)F)C(F)(F)F. The van der Waals surface area contributed by atoms with Crippen LogP contribution in [0.3, 0.4) is 0 Å². The Morgan fingerprint density at radius 1 is 0.938 bits per heavy atom. The lowest BCUT2D eigenvalue weighted by Crippen LogP contribution is -2.54. The Hall–Kier alpha value is -1.31. The van der Waals surface area contributed by atoms with Crippen molar-refractivity contribution in [1.29, 1.82) is 0 Å². The molecule has 90 valence electrons. The van der Waals surface area contributed by atoms with Gasteiger partial charge in [-0.15, -0.1) is 0 Å². The lowest BCUT2D eigenvalue weighted by molar-refractivity contribution is -0.377. The van der Waals surface area contributed by atoms with E-state index < -0.39 is 23.6 Å². The summed E-state index contributed by atoms with van der Waals surface area (Å²) >= 11 is 0. The second-order valence-electron chi connectivity index (χ2n) is 2.92. The Bertz CT molecular complexity index is 343. The first-order valence-corrected chi connectivity index (χ1v) is 3.88. The number of alkyl halides is 6. The average Bonchev–Trinajstić information content (AvgIpc) is 2.14. The number of hydrogen-bond donors (Lipinski definition) is 1. The van der Waals surface area contributed by atoms with Crippen LogP contribution in [0.25, 0.3) is 0 Å². The van der Waals surface area contributed by atoms with Crippen LogP contribution >= 0.6 is 0 Å². The highest BCUT2D eigenvalue weighted by molar-refractivity contribution is 5.18. The molecule has 0 aliphatic rings. The van der Waals surface area contributed by atoms with Gasteiger partial charge in [0, 0.05) is 6.20 Å². The van der Waals surface area contributed by atoms with E-state index >= 15 is 0 Å². The molecule has 1 heterocycles. The van der Waals surface area contributed by atoms with E-state index in [4.69, 9.17) is 5.11 Å². The molecule has 1 N–H and O–H groups in total. The van der Waals surface area contributed by atoms with Crippen LogP contribution in [0.5, 0.6) is 0 Å². The molecule has 0 aliphatic heterocycles. The van der Waals surface area contributed by atoms with Gasteiger partial charge < -0.3 is 5.11 Å². The zero-order chi connectivity index (χ0) is 12.6. The predicted octanol–water partition coefficient (Wildman–Crippen LogP) is 2.39. The number of pyridine rings is 1. The third-order valence-electron chi connectivity index (χ3n) is 1.86. The molecule has 1 rings (SSSR count). The van der Waals surface area contributed by atoms with Crippen molar-refractivity contribution in [3.8, 4) is 0 Å². The maximum absolute atomic E-state index is 12.3. The first-order valence-electron chi connectivity index (χ1n) is 3.88. The Kier molecular flexibility index (Phi) is 2.88. The van der Waals surface area contributed by atoms with Gasteiger partial charge in [0.2, 0.25) is 0 Å². The minimum absolute atomic E-state index is 0.459. The molecule has 1 aromatic rings. The third-order valence-corrected chi connectivity index (χ3v) is 1.86. The monoisotopic (exact) mass is 245 g/mol. The minimum atomic E-state index is -5.89. The van der Waals surface area contributed by atoms with Crippen LogP contribution in [0, 0.1) is 0 Å². The van der Waals surface area contributed by atoms with Gasteiger partial charge in [-0.25, -0.2) is 0 Å². The molecule has 0 amide bonds. The van der Waals surface area contributed by atoms with E-state index in [1.807, 2.05) is 0 Å². The quantitative estimate of drug-likeness (QED) is 0.770. The molecule has 16 heavy (non-hydrogen) atoms. The molecule has 0 fully saturated rings.